The average molecular weight is 592 g/mol. The fourth-order valence-corrected chi connectivity index (χ4v) is 4.50. The summed E-state index contributed by atoms with van der Waals surface area (Å²) in [4.78, 5) is 36.3. The van der Waals surface area contributed by atoms with Crippen LogP contribution < -0.4 is 25.4 Å². The summed E-state index contributed by atoms with van der Waals surface area (Å²) in [6.07, 6.45) is 6.84. The number of aromatic nitrogens is 3. The lowest BCUT2D eigenvalue weighted by molar-refractivity contribution is -0.111. The monoisotopic (exact) mass is 591 g/mol. The van der Waals surface area contributed by atoms with E-state index in [1.54, 1.807) is 62.9 Å². The molecule has 11 nitrogen and oxygen atoms in total. The predicted octanol–water partition coefficient (Wildman–Crippen LogP) is 5.49. The van der Waals surface area contributed by atoms with Crippen molar-refractivity contribution in [1.82, 2.24) is 19.4 Å². The molecule has 2 amide bonds. The van der Waals surface area contributed by atoms with Crippen molar-refractivity contribution >= 4 is 45.7 Å². The van der Waals surface area contributed by atoms with Gasteiger partial charge in [0.25, 0.3) is 5.91 Å². The Morgan fingerprint density at radius 3 is 2.39 bits per heavy atom. The van der Waals surface area contributed by atoms with Crippen molar-refractivity contribution in [3.8, 4) is 17.3 Å². The van der Waals surface area contributed by atoms with E-state index < -0.39 is 0 Å². The first-order valence-electron chi connectivity index (χ1n) is 13.8. The second kappa shape index (κ2) is 13.5. The van der Waals surface area contributed by atoms with Crippen LogP contribution in [0.25, 0.3) is 16.7 Å². The minimum absolute atomic E-state index is 0.264. The van der Waals surface area contributed by atoms with E-state index in [1.807, 2.05) is 66.2 Å². The van der Waals surface area contributed by atoms with Crippen LogP contribution >= 0.6 is 0 Å². The van der Waals surface area contributed by atoms with Gasteiger partial charge in [-0.05, 0) is 68.7 Å². The van der Waals surface area contributed by atoms with Gasteiger partial charge >= 0.3 is 0 Å². The summed E-state index contributed by atoms with van der Waals surface area (Å²) in [7, 11) is 7.05. The number of anilines is 4. The first-order valence-corrected chi connectivity index (χ1v) is 13.8. The molecule has 0 aliphatic rings. The summed E-state index contributed by atoms with van der Waals surface area (Å²) in [5.74, 6) is 1.74. The molecule has 0 fully saturated rings. The van der Waals surface area contributed by atoms with Crippen LogP contribution in [0.4, 0.5) is 23.0 Å². The number of fused-ring (bicyclic) bond motifs is 1. The fourth-order valence-electron chi connectivity index (χ4n) is 4.50. The zero-order valence-electron chi connectivity index (χ0n) is 24.9. The van der Waals surface area contributed by atoms with E-state index in [0.29, 0.717) is 52.4 Å². The zero-order chi connectivity index (χ0) is 31.1. The number of ether oxygens (including phenoxy) is 2. The minimum Gasteiger partial charge on any atom is -0.493 e. The van der Waals surface area contributed by atoms with E-state index in [2.05, 4.69) is 20.9 Å². The van der Waals surface area contributed by atoms with Gasteiger partial charge in [0.15, 0.2) is 11.5 Å². The molecule has 0 aliphatic carbocycles. The van der Waals surface area contributed by atoms with Crippen LogP contribution in [0.5, 0.6) is 11.5 Å². The second-order valence-corrected chi connectivity index (χ2v) is 10.1. The quantitative estimate of drug-likeness (QED) is 0.172. The van der Waals surface area contributed by atoms with Crippen LogP contribution in [0.2, 0.25) is 0 Å². The Bertz CT molecular complexity index is 1830. The number of rotatable bonds is 11. The Balaban J connectivity index is 1.28. The largest absolute Gasteiger partial charge is 0.493 e. The van der Waals surface area contributed by atoms with Crippen LogP contribution in [-0.4, -0.2) is 66.1 Å². The molecule has 0 unspecified atom stereocenters. The predicted molar refractivity (Wildman–Crippen MR) is 172 cm³/mol. The number of hydrogen-bond acceptors (Lipinski definition) is 8. The third kappa shape index (κ3) is 7.20. The molecule has 2 aromatic heterocycles. The number of carbonyl (C=O) groups is 2. The topological polar surface area (TPSA) is 123 Å². The molecule has 0 atom stereocenters. The summed E-state index contributed by atoms with van der Waals surface area (Å²) < 4.78 is 12.8. The lowest BCUT2D eigenvalue weighted by atomic mass is 10.1. The van der Waals surface area contributed by atoms with Crippen molar-refractivity contribution in [2.24, 2.45) is 0 Å². The maximum absolute atomic E-state index is 13.0. The van der Waals surface area contributed by atoms with Crippen molar-refractivity contribution in [3.05, 3.63) is 103 Å². The molecule has 44 heavy (non-hydrogen) atoms. The van der Waals surface area contributed by atoms with Crippen molar-refractivity contribution in [2.45, 2.75) is 0 Å². The number of hydrogen-bond donors (Lipinski definition) is 3. The van der Waals surface area contributed by atoms with E-state index in [4.69, 9.17) is 14.5 Å². The van der Waals surface area contributed by atoms with Gasteiger partial charge in [0, 0.05) is 59.1 Å². The van der Waals surface area contributed by atoms with E-state index in [-0.39, 0.29) is 11.8 Å². The van der Waals surface area contributed by atoms with Gasteiger partial charge in [-0.3, -0.25) is 9.59 Å². The highest BCUT2D eigenvalue weighted by Gasteiger charge is 2.12. The molecule has 0 bridgehead atoms. The Morgan fingerprint density at radius 1 is 0.886 bits per heavy atom. The highest BCUT2D eigenvalue weighted by Crippen LogP contribution is 2.33. The SMILES string of the molecule is COc1cc2ccn(-c3ccnc(Nc4cccc(NC(=O)c5cccc(NC(=O)/C=C/CN(C)C)c5)c4)n3)c2cc1OC. The minimum atomic E-state index is -0.314. The van der Waals surface area contributed by atoms with Crippen LogP contribution in [0.1, 0.15) is 10.4 Å². The summed E-state index contributed by atoms with van der Waals surface area (Å²) in [6.45, 7) is 0.650. The number of likely N-dealkylation sites (N-methyl/N-ethyl adjacent to an activating group) is 1. The standard InChI is InChI=1S/C33H33N7O4/c1-39(2)16-7-12-31(41)35-24-9-5-8-23(18-24)32(42)36-25-10-6-11-26(20-25)37-33-34-15-13-30(38-33)40-17-14-22-19-28(43-3)29(44-4)21-27(22)40/h5-15,17-21H,16H2,1-4H3,(H,35,41)(H,36,42)(H,34,37,38)/b12-7+. The number of carbonyl (C=O) groups excluding carboxylic acids is 2. The first-order chi connectivity index (χ1) is 21.3. The van der Waals surface area contributed by atoms with Gasteiger partial charge in [-0.25, -0.2) is 4.98 Å². The molecule has 224 valence electrons. The Hall–Kier alpha value is -5.68. The summed E-state index contributed by atoms with van der Waals surface area (Å²) in [5.41, 5.74) is 3.10. The van der Waals surface area contributed by atoms with Crippen LogP contribution in [0.15, 0.2) is 97.3 Å². The van der Waals surface area contributed by atoms with Crippen molar-refractivity contribution in [2.75, 3.05) is 50.8 Å². The Labute approximate surface area is 255 Å². The molecule has 0 radical (unpaired) electrons. The lowest BCUT2D eigenvalue weighted by Gasteiger charge is -2.12. The Morgan fingerprint density at radius 2 is 1.61 bits per heavy atom. The molecular weight excluding hydrogens is 558 g/mol. The van der Waals surface area contributed by atoms with Gasteiger partial charge < -0.3 is 34.9 Å². The number of methoxy groups -OCH3 is 2. The van der Waals surface area contributed by atoms with Crippen LogP contribution in [-0.2, 0) is 4.79 Å². The molecule has 2 heterocycles. The highest BCUT2D eigenvalue weighted by atomic mass is 16.5. The average Bonchev–Trinajstić information content (AvgIpc) is 3.43. The molecular formula is C33H33N7O4. The third-order valence-electron chi connectivity index (χ3n) is 6.59. The number of nitrogens with zero attached hydrogens (tertiary/aromatic N) is 4. The number of benzene rings is 3. The number of amides is 2. The van der Waals surface area contributed by atoms with Gasteiger partial charge in [0.2, 0.25) is 11.9 Å². The molecule has 3 aromatic carbocycles. The van der Waals surface area contributed by atoms with Gasteiger partial charge in [0.1, 0.15) is 5.82 Å². The van der Waals surface area contributed by atoms with E-state index in [0.717, 1.165) is 10.9 Å². The summed E-state index contributed by atoms with van der Waals surface area (Å²) in [5, 5.41) is 9.88. The van der Waals surface area contributed by atoms with Gasteiger partial charge in [-0.1, -0.05) is 18.2 Å². The fraction of sp³-hybridized carbons (Fsp3) is 0.152. The second-order valence-electron chi connectivity index (χ2n) is 10.1. The van der Waals surface area contributed by atoms with Gasteiger partial charge in [-0.15, -0.1) is 0 Å². The van der Waals surface area contributed by atoms with Gasteiger partial charge in [-0.2, -0.15) is 4.98 Å². The normalized spacial score (nSPS) is 11.1. The van der Waals surface area contributed by atoms with Crippen LogP contribution in [0, 0.1) is 0 Å². The molecule has 5 rings (SSSR count). The molecule has 0 saturated heterocycles. The highest BCUT2D eigenvalue weighted by molar-refractivity contribution is 6.06. The molecule has 0 aliphatic heterocycles. The van der Waals surface area contributed by atoms with E-state index >= 15 is 0 Å². The molecule has 0 saturated carbocycles. The summed E-state index contributed by atoms with van der Waals surface area (Å²) in [6, 6.07) is 21.6. The lowest BCUT2D eigenvalue weighted by Crippen LogP contribution is -2.14. The molecule has 5 aromatic rings. The van der Waals surface area contributed by atoms with Crippen molar-refractivity contribution in [3.63, 3.8) is 0 Å². The maximum Gasteiger partial charge on any atom is 0.255 e. The zero-order valence-corrected chi connectivity index (χ0v) is 24.9. The van der Waals surface area contributed by atoms with Gasteiger partial charge in [0.05, 0.1) is 19.7 Å². The molecule has 0 spiro atoms. The smallest absolute Gasteiger partial charge is 0.255 e. The number of nitrogens with one attached hydrogen (secondary N) is 3. The maximum atomic E-state index is 13.0. The van der Waals surface area contributed by atoms with Crippen molar-refractivity contribution < 1.29 is 19.1 Å². The van der Waals surface area contributed by atoms with Crippen molar-refractivity contribution in [1.29, 1.82) is 0 Å². The summed E-state index contributed by atoms with van der Waals surface area (Å²) >= 11 is 0. The Kier molecular flexibility index (Phi) is 9.16. The molecule has 11 heteroatoms. The third-order valence-corrected chi connectivity index (χ3v) is 6.59. The van der Waals surface area contributed by atoms with E-state index in [1.165, 1.54) is 6.08 Å². The van der Waals surface area contributed by atoms with Crippen LogP contribution in [0.3, 0.4) is 0 Å². The first kappa shape index (κ1) is 29.8. The molecule has 3 N–H and O–H groups in total. The van der Waals surface area contributed by atoms with E-state index in [9.17, 15) is 9.59 Å².